The topological polar surface area (TPSA) is 24.1 Å². The van der Waals surface area contributed by atoms with Crippen LogP contribution in [0.15, 0.2) is 12.1 Å². The van der Waals surface area contributed by atoms with Crippen molar-refractivity contribution < 1.29 is 0 Å². The molecule has 1 aromatic rings. The van der Waals surface area contributed by atoms with E-state index in [1.165, 1.54) is 35.1 Å². The number of aryl methyl sites for hydroxylation is 1. The van der Waals surface area contributed by atoms with Gasteiger partial charge < -0.3 is 10.6 Å². The normalized spacial score (nSPS) is 18.7. The van der Waals surface area contributed by atoms with Crippen molar-refractivity contribution in [2.24, 2.45) is 5.41 Å². The van der Waals surface area contributed by atoms with Crippen LogP contribution in [0, 0.1) is 26.2 Å². The van der Waals surface area contributed by atoms with Crippen molar-refractivity contribution in [1.29, 1.82) is 0 Å². The minimum Gasteiger partial charge on any atom is -0.319 e. The lowest BCUT2D eigenvalue weighted by Crippen LogP contribution is -2.34. The molecule has 1 aliphatic rings. The molecule has 1 saturated carbocycles. The zero-order valence-electron chi connectivity index (χ0n) is 12.4. The fourth-order valence-electron chi connectivity index (χ4n) is 3.16. The SMILES string of the molecule is CNCC1(C(NC)c2ccc(C)c(C)c2C)CC1. The van der Waals surface area contributed by atoms with Gasteiger partial charge in [0.05, 0.1) is 0 Å². The Morgan fingerprint density at radius 1 is 1.11 bits per heavy atom. The van der Waals surface area contributed by atoms with Gasteiger partial charge in [-0.05, 0) is 70.0 Å². The average Bonchev–Trinajstić information content (AvgIpc) is 3.11. The highest BCUT2D eigenvalue weighted by Gasteiger charge is 2.49. The van der Waals surface area contributed by atoms with E-state index in [-0.39, 0.29) is 0 Å². The van der Waals surface area contributed by atoms with Crippen LogP contribution in [0.4, 0.5) is 0 Å². The highest BCUT2D eigenvalue weighted by Crippen LogP contribution is 2.54. The third-order valence-electron chi connectivity index (χ3n) is 4.73. The monoisotopic (exact) mass is 246 g/mol. The van der Waals surface area contributed by atoms with Crippen molar-refractivity contribution in [2.45, 2.75) is 39.7 Å². The summed E-state index contributed by atoms with van der Waals surface area (Å²) in [5.41, 5.74) is 6.19. The van der Waals surface area contributed by atoms with E-state index in [2.05, 4.69) is 57.6 Å². The quantitative estimate of drug-likeness (QED) is 0.835. The third-order valence-corrected chi connectivity index (χ3v) is 4.73. The standard InChI is InChI=1S/C16H26N2/c1-11-6-7-14(13(3)12(11)2)15(18-5)16(8-9-16)10-17-4/h6-7,15,17-18H,8-10H2,1-5H3. The molecule has 0 aromatic heterocycles. The Bertz CT molecular complexity index is 433. The smallest absolute Gasteiger partial charge is 0.0389 e. The highest BCUT2D eigenvalue weighted by atomic mass is 15.0. The molecule has 1 atom stereocenters. The molecule has 2 rings (SSSR count). The van der Waals surface area contributed by atoms with Crippen LogP contribution >= 0.6 is 0 Å². The van der Waals surface area contributed by atoms with Gasteiger partial charge in [0.15, 0.2) is 0 Å². The van der Waals surface area contributed by atoms with Crippen LogP contribution in [-0.4, -0.2) is 20.6 Å². The predicted molar refractivity (Wildman–Crippen MR) is 78.0 cm³/mol. The molecule has 0 aliphatic heterocycles. The van der Waals surface area contributed by atoms with Gasteiger partial charge >= 0.3 is 0 Å². The largest absolute Gasteiger partial charge is 0.319 e. The molecule has 1 fully saturated rings. The van der Waals surface area contributed by atoms with E-state index in [1.807, 2.05) is 0 Å². The van der Waals surface area contributed by atoms with Crippen LogP contribution in [0.3, 0.4) is 0 Å². The molecule has 0 spiro atoms. The van der Waals surface area contributed by atoms with E-state index in [4.69, 9.17) is 0 Å². The van der Waals surface area contributed by atoms with Crippen molar-refractivity contribution in [3.8, 4) is 0 Å². The molecule has 1 aromatic carbocycles. The van der Waals surface area contributed by atoms with E-state index in [0.717, 1.165) is 6.54 Å². The van der Waals surface area contributed by atoms with Gasteiger partial charge in [-0.25, -0.2) is 0 Å². The Morgan fingerprint density at radius 2 is 1.78 bits per heavy atom. The summed E-state index contributed by atoms with van der Waals surface area (Å²) in [5, 5.41) is 6.91. The maximum absolute atomic E-state index is 3.55. The van der Waals surface area contributed by atoms with Crippen LogP contribution in [0.1, 0.15) is 41.1 Å². The van der Waals surface area contributed by atoms with E-state index in [9.17, 15) is 0 Å². The molecule has 0 radical (unpaired) electrons. The van der Waals surface area contributed by atoms with Gasteiger partial charge in [0, 0.05) is 18.0 Å². The van der Waals surface area contributed by atoms with Crippen molar-refractivity contribution in [3.05, 3.63) is 34.4 Å². The molecule has 100 valence electrons. The first-order valence-electron chi connectivity index (χ1n) is 6.94. The maximum Gasteiger partial charge on any atom is 0.0389 e. The van der Waals surface area contributed by atoms with Crippen molar-refractivity contribution in [1.82, 2.24) is 10.6 Å². The third kappa shape index (κ3) is 2.19. The molecule has 0 bridgehead atoms. The second-order valence-corrected chi connectivity index (χ2v) is 5.84. The number of nitrogens with one attached hydrogen (secondary N) is 2. The lowest BCUT2D eigenvalue weighted by molar-refractivity contribution is 0.345. The molecular formula is C16H26N2. The summed E-state index contributed by atoms with van der Waals surface area (Å²) < 4.78 is 0. The van der Waals surface area contributed by atoms with Crippen LogP contribution < -0.4 is 10.6 Å². The van der Waals surface area contributed by atoms with E-state index >= 15 is 0 Å². The average molecular weight is 246 g/mol. The number of hydrogen-bond acceptors (Lipinski definition) is 2. The summed E-state index contributed by atoms with van der Waals surface area (Å²) in [5.74, 6) is 0. The lowest BCUT2D eigenvalue weighted by Gasteiger charge is -2.29. The zero-order valence-corrected chi connectivity index (χ0v) is 12.4. The first kappa shape index (κ1) is 13.6. The van der Waals surface area contributed by atoms with Crippen LogP contribution in [-0.2, 0) is 0 Å². The Kier molecular flexibility index (Phi) is 3.79. The first-order valence-corrected chi connectivity index (χ1v) is 6.94. The molecule has 1 unspecified atom stereocenters. The summed E-state index contributed by atoms with van der Waals surface area (Å²) in [6, 6.07) is 5.05. The number of benzene rings is 1. The minimum atomic E-state index is 0.427. The van der Waals surface area contributed by atoms with E-state index < -0.39 is 0 Å². The molecule has 0 saturated heterocycles. The second-order valence-electron chi connectivity index (χ2n) is 5.84. The van der Waals surface area contributed by atoms with Crippen LogP contribution in [0.25, 0.3) is 0 Å². The van der Waals surface area contributed by atoms with Gasteiger partial charge in [0.1, 0.15) is 0 Å². The molecule has 18 heavy (non-hydrogen) atoms. The summed E-state index contributed by atoms with van der Waals surface area (Å²) in [6.07, 6.45) is 2.65. The fourth-order valence-corrected chi connectivity index (χ4v) is 3.16. The van der Waals surface area contributed by atoms with Crippen LogP contribution in [0.5, 0.6) is 0 Å². The van der Waals surface area contributed by atoms with Gasteiger partial charge in [-0.2, -0.15) is 0 Å². The lowest BCUT2D eigenvalue weighted by atomic mass is 9.85. The van der Waals surface area contributed by atoms with E-state index in [1.54, 1.807) is 0 Å². The van der Waals surface area contributed by atoms with Gasteiger partial charge in [-0.15, -0.1) is 0 Å². The number of rotatable bonds is 5. The van der Waals surface area contributed by atoms with Gasteiger partial charge in [0.25, 0.3) is 0 Å². The van der Waals surface area contributed by atoms with Crippen molar-refractivity contribution in [2.75, 3.05) is 20.6 Å². The Labute approximate surface area is 111 Å². The maximum atomic E-state index is 3.55. The molecule has 2 nitrogen and oxygen atoms in total. The Balaban J connectivity index is 2.37. The zero-order chi connectivity index (χ0) is 13.3. The second kappa shape index (κ2) is 5.02. The van der Waals surface area contributed by atoms with Crippen molar-refractivity contribution in [3.63, 3.8) is 0 Å². The Morgan fingerprint density at radius 3 is 2.28 bits per heavy atom. The highest BCUT2D eigenvalue weighted by molar-refractivity contribution is 5.41. The van der Waals surface area contributed by atoms with E-state index in [0.29, 0.717) is 11.5 Å². The van der Waals surface area contributed by atoms with Gasteiger partial charge in [-0.3, -0.25) is 0 Å². The van der Waals surface area contributed by atoms with Crippen molar-refractivity contribution >= 4 is 0 Å². The molecule has 2 heteroatoms. The summed E-state index contributed by atoms with van der Waals surface area (Å²) >= 11 is 0. The molecule has 1 aliphatic carbocycles. The van der Waals surface area contributed by atoms with Gasteiger partial charge in [0.2, 0.25) is 0 Å². The first-order chi connectivity index (χ1) is 8.55. The predicted octanol–water partition coefficient (Wildman–Crippen LogP) is 2.87. The Hall–Kier alpha value is -0.860. The summed E-state index contributed by atoms with van der Waals surface area (Å²) in [4.78, 5) is 0. The molecular weight excluding hydrogens is 220 g/mol. The summed E-state index contributed by atoms with van der Waals surface area (Å²) in [6.45, 7) is 7.79. The minimum absolute atomic E-state index is 0.427. The number of hydrogen-bond donors (Lipinski definition) is 2. The molecule has 0 amide bonds. The molecule has 2 N–H and O–H groups in total. The van der Waals surface area contributed by atoms with Crippen LogP contribution in [0.2, 0.25) is 0 Å². The summed E-state index contributed by atoms with van der Waals surface area (Å²) in [7, 11) is 4.15. The molecule has 0 heterocycles. The van der Waals surface area contributed by atoms with Gasteiger partial charge in [-0.1, -0.05) is 12.1 Å². The fraction of sp³-hybridized carbons (Fsp3) is 0.625.